The number of hydrogen-bond donors (Lipinski definition) is 0. The van der Waals surface area contributed by atoms with Gasteiger partial charge in [-0.15, -0.1) is 0 Å². The molecular weight excluding hydrogens is 366 g/mol. The van der Waals surface area contributed by atoms with E-state index in [-0.39, 0.29) is 17.6 Å². The predicted octanol–water partition coefficient (Wildman–Crippen LogP) is 6.28. The number of fused-ring (bicyclic) bond motifs is 7. The molecule has 4 aliphatic rings. The summed E-state index contributed by atoms with van der Waals surface area (Å²) < 4.78 is 6.72. The summed E-state index contributed by atoms with van der Waals surface area (Å²) in [6.07, 6.45) is 13.8. The zero-order chi connectivity index (χ0) is 20.5. The van der Waals surface area contributed by atoms with Crippen molar-refractivity contribution in [3.05, 3.63) is 113 Å². The molecule has 1 aliphatic carbocycles. The quantitative estimate of drug-likeness (QED) is 0.567. The zero-order valence-electron chi connectivity index (χ0n) is 17.6. The van der Waals surface area contributed by atoms with Crippen LogP contribution in [0.15, 0.2) is 96.4 Å². The minimum Gasteiger partial charge on any atom is -0.484 e. The topological polar surface area (TPSA) is 12.5 Å². The van der Waals surface area contributed by atoms with Gasteiger partial charge in [-0.3, -0.25) is 0 Å². The van der Waals surface area contributed by atoms with Crippen LogP contribution in [0.3, 0.4) is 0 Å². The molecule has 3 heterocycles. The Morgan fingerprint density at radius 1 is 0.967 bits per heavy atom. The Balaban J connectivity index is 1.51. The molecule has 2 heteroatoms. The van der Waals surface area contributed by atoms with Gasteiger partial charge in [0.1, 0.15) is 11.9 Å². The third-order valence-corrected chi connectivity index (χ3v) is 7.20. The van der Waals surface area contributed by atoms with Crippen LogP contribution in [0.25, 0.3) is 11.1 Å². The summed E-state index contributed by atoms with van der Waals surface area (Å²) in [7, 11) is 0. The highest BCUT2D eigenvalue weighted by Crippen LogP contribution is 2.56. The summed E-state index contributed by atoms with van der Waals surface area (Å²) in [4.78, 5) is 2.41. The van der Waals surface area contributed by atoms with Crippen LogP contribution < -0.4 is 4.74 Å². The lowest BCUT2D eigenvalue weighted by Gasteiger charge is -2.52. The van der Waals surface area contributed by atoms with E-state index in [9.17, 15) is 0 Å². The fourth-order valence-corrected chi connectivity index (χ4v) is 5.50. The zero-order valence-corrected chi connectivity index (χ0v) is 17.6. The monoisotopic (exact) mass is 391 g/mol. The summed E-state index contributed by atoms with van der Waals surface area (Å²) >= 11 is 0. The second kappa shape index (κ2) is 6.12. The van der Waals surface area contributed by atoms with E-state index in [0.29, 0.717) is 0 Å². The van der Waals surface area contributed by atoms with Crippen molar-refractivity contribution in [3.63, 3.8) is 0 Å². The smallest absolute Gasteiger partial charge is 0.136 e. The average molecular weight is 392 g/mol. The average Bonchev–Trinajstić information content (AvgIpc) is 3.17. The lowest BCUT2D eigenvalue weighted by molar-refractivity contribution is 0.0865. The number of benzene rings is 2. The Hall–Kier alpha value is -3.26. The highest BCUT2D eigenvalue weighted by Gasteiger charge is 2.54. The van der Waals surface area contributed by atoms with E-state index in [2.05, 4.69) is 111 Å². The molecule has 0 radical (unpaired) electrons. The fraction of sp³-hybridized carbons (Fsp3) is 0.214. The standard InChI is InChI=1S/C28H25NO/c1-18-8-7-11-23-24-13-12-22-16-19(2)29-15-14-21(20-9-5-4-6-10-20)17-25(29)28(22,3)27(24)30-26(18)23/h4-17,25,27H,1-3H3. The van der Waals surface area contributed by atoms with Crippen molar-refractivity contribution < 1.29 is 4.74 Å². The largest absolute Gasteiger partial charge is 0.484 e. The van der Waals surface area contributed by atoms with Gasteiger partial charge in [-0.2, -0.15) is 0 Å². The van der Waals surface area contributed by atoms with E-state index < -0.39 is 0 Å². The van der Waals surface area contributed by atoms with Crippen LogP contribution in [0.2, 0.25) is 0 Å². The molecule has 2 nitrogen and oxygen atoms in total. The Morgan fingerprint density at radius 3 is 2.63 bits per heavy atom. The number of para-hydroxylation sites is 1. The van der Waals surface area contributed by atoms with Gasteiger partial charge < -0.3 is 9.64 Å². The predicted molar refractivity (Wildman–Crippen MR) is 123 cm³/mol. The third kappa shape index (κ3) is 2.25. The summed E-state index contributed by atoms with van der Waals surface area (Å²) in [5.74, 6) is 1.04. The second-order valence-corrected chi connectivity index (χ2v) is 8.92. The van der Waals surface area contributed by atoms with Crippen LogP contribution >= 0.6 is 0 Å². The Bertz CT molecular complexity index is 1210. The van der Waals surface area contributed by atoms with Gasteiger partial charge in [-0.25, -0.2) is 0 Å². The minimum atomic E-state index is -0.181. The van der Waals surface area contributed by atoms with Gasteiger partial charge in [0.2, 0.25) is 0 Å². The van der Waals surface area contributed by atoms with Crippen molar-refractivity contribution in [3.8, 4) is 5.75 Å². The van der Waals surface area contributed by atoms with E-state index >= 15 is 0 Å². The molecule has 6 rings (SSSR count). The first-order valence-corrected chi connectivity index (χ1v) is 10.7. The van der Waals surface area contributed by atoms with E-state index in [1.807, 2.05) is 0 Å². The van der Waals surface area contributed by atoms with Gasteiger partial charge in [0.15, 0.2) is 0 Å². The molecule has 3 atom stereocenters. The molecule has 3 unspecified atom stereocenters. The molecule has 0 saturated carbocycles. The van der Waals surface area contributed by atoms with Gasteiger partial charge in [-0.05, 0) is 55.2 Å². The van der Waals surface area contributed by atoms with Crippen LogP contribution in [0.5, 0.6) is 5.75 Å². The van der Waals surface area contributed by atoms with Crippen LogP contribution in [-0.4, -0.2) is 17.0 Å². The van der Waals surface area contributed by atoms with Crippen molar-refractivity contribution >= 4 is 11.1 Å². The molecule has 2 aromatic rings. The molecule has 30 heavy (non-hydrogen) atoms. The summed E-state index contributed by atoms with van der Waals surface area (Å²) in [6.45, 7) is 6.71. The molecule has 0 fully saturated rings. The van der Waals surface area contributed by atoms with Gasteiger partial charge in [0, 0.05) is 23.0 Å². The maximum atomic E-state index is 6.72. The Morgan fingerprint density at radius 2 is 1.80 bits per heavy atom. The normalized spacial score (nSPS) is 28.2. The summed E-state index contributed by atoms with van der Waals surface area (Å²) in [6, 6.07) is 17.3. The van der Waals surface area contributed by atoms with E-state index in [4.69, 9.17) is 4.74 Å². The van der Waals surface area contributed by atoms with Crippen LogP contribution in [0.1, 0.15) is 30.5 Å². The van der Waals surface area contributed by atoms with Gasteiger partial charge in [0.25, 0.3) is 0 Å². The summed E-state index contributed by atoms with van der Waals surface area (Å²) in [5.41, 5.74) is 8.72. The first-order valence-electron chi connectivity index (χ1n) is 10.7. The first-order chi connectivity index (χ1) is 14.6. The maximum absolute atomic E-state index is 6.72. The van der Waals surface area contributed by atoms with E-state index in [0.717, 1.165) is 5.75 Å². The lowest BCUT2D eigenvalue weighted by atomic mass is 9.63. The van der Waals surface area contributed by atoms with Crippen molar-refractivity contribution in [1.82, 2.24) is 4.90 Å². The fourth-order valence-electron chi connectivity index (χ4n) is 5.50. The molecule has 2 aromatic carbocycles. The second-order valence-electron chi connectivity index (χ2n) is 8.92. The number of ether oxygens (including phenoxy) is 1. The Kier molecular flexibility index (Phi) is 3.59. The molecule has 148 valence electrons. The van der Waals surface area contributed by atoms with Gasteiger partial charge in [0.05, 0.1) is 11.5 Å². The van der Waals surface area contributed by atoms with Crippen LogP contribution in [-0.2, 0) is 0 Å². The molecule has 0 saturated heterocycles. The molecule has 0 amide bonds. The molecule has 0 aromatic heterocycles. The summed E-state index contributed by atoms with van der Waals surface area (Å²) in [5, 5.41) is 0. The number of aryl methyl sites for hydroxylation is 1. The lowest BCUT2D eigenvalue weighted by Crippen LogP contribution is -2.55. The van der Waals surface area contributed by atoms with Crippen molar-refractivity contribution in [2.45, 2.75) is 32.9 Å². The highest BCUT2D eigenvalue weighted by molar-refractivity contribution is 5.83. The third-order valence-electron chi connectivity index (χ3n) is 7.20. The molecule has 3 aliphatic heterocycles. The number of nitrogens with zero attached hydrogens (tertiary/aromatic N) is 1. The van der Waals surface area contributed by atoms with Crippen molar-refractivity contribution in [2.75, 3.05) is 0 Å². The van der Waals surface area contributed by atoms with Crippen molar-refractivity contribution in [1.29, 1.82) is 0 Å². The first kappa shape index (κ1) is 17.6. The number of allylic oxidation sites excluding steroid dienone is 6. The highest BCUT2D eigenvalue weighted by atomic mass is 16.5. The van der Waals surface area contributed by atoms with Crippen molar-refractivity contribution in [2.24, 2.45) is 5.41 Å². The molecule has 0 N–H and O–H groups in total. The van der Waals surface area contributed by atoms with E-state index in [1.165, 1.54) is 39.1 Å². The maximum Gasteiger partial charge on any atom is 0.136 e. The van der Waals surface area contributed by atoms with E-state index in [1.54, 1.807) is 0 Å². The van der Waals surface area contributed by atoms with Gasteiger partial charge >= 0.3 is 0 Å². The number of rotatable bonds is 1. The van der Waals surface area contributed by atoms with Crippen LogP contribution in [0, 0.1) is 12.3 Å². The molecular formula is C28H25NO. The molecule has 0 spiro atoms. The Labute approximate surface area is 178 Å². The minimum absolute atomic E-state index is 0.00484. The SMILES string of the molecule is CC1=CC2=CC=C3c4cccc(C)c4OC3C2(C)C2C=C(c3ccccc3)C=CN12. The van der Waals surface area contributed by atoms with Crippen LogP contribution in [0.4, 0.5) is 0 Å². The van der Waals surface area contributed by atoms with Gasteiger partial charge in [-0.1, -0.05) is 66.8 Å². The molecule has 0 bridgehead atoms. The number of hydrogen-bond acceptors (Lipinski definition) is 2.